The molecule has 0 aromatic heterocycles. The van der Waals surface area contributed by atoms with Gasteiger partial charge in [-0.2, -0.15) is 0 Å². The van der Waals surface area contributed by atoms with Crippen LogP contribution < -0.4 is 10.6 Å². The van der Waals surface area contributed by atoms with Crippen LogP contribution in [0.5, 0.6) is 0 Å². The van der Waals surface area contributed by atoms with Crippen molar-refractivity contribution in [1.29, 1.82) is 0 Å². The van der Waals surface area contributed by atoms with E-state index in [2.05, 4.69) is 10.6 Å². The van der Waals surface area contributed by atoms with Gasteiger partial charge in [-0.1, -0.05) is 6.92 Å². The van der Waals surface area contributed by atoms with Crippen molar-refractivity contribution in [3.63, 3.8) is 0 Å². The minimum Gasteiger partial charge on any atom is -0.480 e. The van der Waals surface area contributed by atoms with Crippen molar-refractivity contribution in [2.75, 3.05) is 13.1 Å². The molecule has 0 aliphatic carbocycles. The van der Waals surface area contributed by atoms with Gasteiger partial charge >= 0.3 is 5.97 Å². The highest BCUT2D eigenvalue weighted by molar-refractivity contribution is 5.85. The Bertz CT molecular complexity index is 218. The number of carboxylic acids is 1. The lowest BCUT2D eigenvalue weighted by Gasteiger charge is -2.16. The number of amides is 1. The van der Waals surface area contributed by atoms with Crippen molar-refractivity contribution in [3.8, 4) is 0 Å². The predicted molar refractivity (Wildman–Crippen MR) is 54.4 cm³/mol. The fraction of sp³-hybridized carbons (Fsp3) is 0.778. The molecule has 6 nitrogen and oxygen atoms in total. The fourth-order valence-corrected chi connectivity index (χ4v) is 0.992. The lowest BCUT2D eigenvalue weighted by atomic mass is 10.2. The normalized spacial score (nSPS) is 14.3. The number of hydrogen-bond donors (Lipinski definition) is 4. The van der Waals surface area contributed by atoms with Crippen LogP contribution in [0, 0.1) is 0 Å². The van der Waals surface area contributed by atoms with Gasteiger partial charge < -0.3 is 20.8 Å². The minimum atomic E-state index is -1.25. The molecular formula is C9H18N2O4. The maximum atomic E-state index is 11.2. The monoisotopic (exact) mass is 218 g/mol. The SMILES string of the molecule is CCCNCC(=O)NC(C(=O)O)C(C)O. The first-order valence-corrected chi connectivity index (χ1v) is 4.90. The van der Waals surface area contributed by atoms with Gasteiger partial charge in [0.25, 0.3) is 0 Å². The van der Waals surface area contributed by atoms with Crippen LogP contribution in [0.4, 0.5) is 0 Å². The van der Waals surface area contributed by atoms with Crippen LogP contribution in [0.25, 0.3) is 0 Å². The molecule has 88 valence electrons. The topological polar surface area (TPSA) is 98.7 Å². The summed E-state index contributed by atoms with van der Waals surface area (Å²) < 4.78 is 0. The molecule has 0 aromatic rings. The molecule has 2 unspecified atom stereocenters. The van der Waals surface area contributed by atoms with Crippen LogP contribution in [0.3, 0.4) is 0 Å². The maximum absolute atomic E-state index is 11.2. The Morgan fingerprint density at radius 2 is 2.00 bits per heavy atom. The molecule has 0 radical (unpaired) electrons. The third-order valence-electron chi connectivity index (χ3n) is 1.78. The Balaban J connectivity index is 3.95. The van der Waals surface area contributed by atoms with Crippen molar-refractivity contribution < 1.29 is 19.8 Å². The minimum absolute atomic E-state index is 0.0599. The molecule has 0 fully saturated rings. The second kappa shape index (κ2) is 7.19. The van der Waals surface area contributed by atoms with Crippen LogP contribution in [0.15, 0.2) is 0 Å². The van der Waals surface area contributed by atoms with E-state index < -0.39 is 24.0 Å². The number of nitrogens with one attached hydrogen (secondary N) is 2. The van der Waals surface area contributed by atoms with E-state index in [9.17, 15) is 9.59 Å². The van der Waals surface area contributed by atoms with Gasteiger partial charge in [0.2, 0.25) is 5.91 Å². The Kier molecular flexibility index (Phi) is 6.64. The molecule has 6 heteroatoms. The van der Waals surface area contributed by atoms with Crippen LogP contribution in [-0.2, 0) is 9.59 Å². The van der Waals surface area contributed by atoms with E-state index in [0.717, 1.165) is 6.42 Å². The van der Waals surface area contributed by atoms with Crippen molar-refractivity contribution in [1.82, 2.24) is 10.6 Å². The maximum Gasteiger partial charge on any atom is 0.328 e. The summed E-state index contributed by atoms with van der Waals surface area (Å²) in [6.45, 7) is 4.03. The summed E-state index contributed by atoms with van der Waals surface area (Å²) in [7, 11) is 0. The molecule has 0 aromatic carbocycles. The van der Waals surface area contributed by atoms with Crippen molar-refractivity contribution in [2.24, 2.45) is 0 Å². The van der Waals surface area contributed by atoms with E-state index in [4.69, 9.17) is 10.2 Å². The molecule has 0 rings (SSSR count). The standard InChI is InChI=1S/C9H18N2O4/c1-3-4-10-5-7(13)11-8(6(2)12)9(14)15/h6,8,10,12H,3-5H2,1-2H3,(H,11,13)(H,14,15). The average Bonchev–Trinajstić information content (AvgIpc) is 2.13. The lowest BCUT2D eigenvalue weighted by Crippen LogP contribution is -2.50. The van der Waals surface area contributed by atoms with Crippen molar-refractivity contribution in [2.45, 2.75) is 32.4 Å². The predicted octanol–water partition coefficient (Wildman–Crippen LogP) is -1.06. The molecule has 0 saturated carbocycles. The Morgan fingerprint density at radius 1 is 1.40 bits per heavy atom. The highest BCUT2D eigenvalue weighted by atomic mass is 16.4. The second-order valence-electron chi connectivity index (χ2n) is 3.30. The third-order valence-corrected chi connectivity index (χ3v) is 1.78. The van der Waals surface area contributed by atoms with Gasteiger partial charge in [0, 0.05) is 0 Å². The molecule has 4 N–H and O–H groups in total. The molecule has 0 bridgehead atoms. The van der Waals surface area contributed by atoms with E-state index in [0.29, 0.717) is 6.54 Å². The van der Waals surface area contributed by atoms with E-state index >= 15 is 0 Å². The van der Waals surface area contributed by atoms with E-state index in [1.54, 1.807) is 0 Å². The number of carboxylic acid groups (broad SMARTS) is 1. The molecular weight excluding hydrogens is 200 g/mol. The molecule has 15 heavy (non-hydrogen) atoms. The molecule has 1 amide bonds. The first-order chi connectivity index (χ1) is 6.99. The van der Waals surface area contributed by atoms with Gasteiger partial charge in [0.15, 0.2) is 6.04 Å². The molecule has 0 aliphatic heterocycles. The van der Waals surface area contributed by atoms with Gasteiger partial charge in [0.1, 0.15) is 0 Å². The van der Waals surface area contributed by atoms with E-state index in [1.165, 1.54) is 6.92 Å². The van der Waals surface area contributed by atoms with Crippen LogP contribution >= 0.6 is 0 Å². The molecule has 0 saturated heterocycles. The van der Waals surface area contributed by atoms with E-state index in [1.807, 2.05) is 6.92 Å². The zero-order valence-corrected chi connectivity index (χ0v) is 8.99. The highest BCUT2D eigenvalue weighted by Crippen LogP contribution is 1.92. The van der Waals surface area contributed by atoms with Crippen LogP contribution in [0.2, 0.25) is 0 Å². The molecule has 2 atom stereocenters. The quantitative estimate of drug-likeness (QED) is 0.408. The van der Waals surface area contributed by atoms with E-state index in [-0.39, 0.29) is 6.54 Å². The number of aliphatic carboxylic acids is 1. The van der Waals surface area contributed by atoms with Gasteiger partial charge in [-0.05, 0) is 19.9 Å². The molecule has 0 aliphatic rings. The average molecular weight is 218 g/mol. The first kappa shape index (κ1) is 13.9. The zero-order chi connectivity index (χ0) is 11.8. The van der Waals surface area contributed by atoms with Gasteiger partial charge in [-0.25, -0.2) is 4.79 Å². The first-order valence-electron chi connectivity index (χ1n) is 4.90. The number of carbonyl (C=O) groups excluding carboxylic acids is 1. The largest absolute Gasteiger partial charge is 0.480 e. The number of hydrogen-bond acceptors (Lipinski definition) is 4. The number of aliphatic hydroxyl groups excluding tert-OH is 1. The van der Waals surface area contributed by atoms with Gasteiger partial charge in [-0.3, -0.25) is 4.79 Å². The number of rotatable bonds is 7. The summed E-state index contributed by atoms with van der Waals surface area (Å²) in [5.74, 6) is -1.68. The summed E-state index contributed by atoms with van der Waals surface area (Å²) >= 11 is 0. The molecule has 0 spiro atoms. The van der Waals surface area contributed by atoms with Crippen molar-refractivity contribution in [3.05, 3.63) is 0 Å². The Hall–Kier alpha value is -1.14. The van der Waals surface area contributed by atoms with Gasteiger partial charge in [0.05, 0.1) is 12.6 Å². The zero-order valence-electron chi connectivity index (χ0n) is 8.99. The molecule has 0 heterocycles. The van der Waals surface area contributed by atoms with Crippen molar-refractivity contribution >= 4 is 11.9 Å². The summed E-state index contributed by atoms with van der Waals surface area (Å²) in [6, 6.07) is -1.25. The smallest absolute Gasteiger partial charge is 0.328 e. The highest BCUT2D eigenvalue weighted by Gasteiger charge is 2.24. The summed E-state index contributed by atoms with van der Waals surface area (Å²) in [6.07, 6.45) is -0.218. The van der Waals surface area contributed by atoms with Crippen LogP contribution in [0.1, 0.15) is 20.3 Å². The Morgan fingerprint density at radius 3 is 2.40 bits per heavy atom. The Labute approximate surface area is 88.7 Å². The third kappa shape index (κ3) is 6.03. The fourth-order valence-electron chi connectivity index (χ4n) is 0.992. The summed E-state index contributed by atoms with van der Waals surface area (Å²) in [5, 5.41) is 22.8. The van der Waals surface area contributed by atoms with Gasteiger partial charge in [-0.15, -0.1) is 0 Å². The lowest BCUT2D eigenvalue weighted by molar-refractivity contribution is -0.144. The summed E-state index contributed by atoms with van der Waals surface area (Å²) in [5.41, 5.74) is 0. The second-order valence-corrected chi connectivity index (χ2v) is 3.30. The van der Waals surface area contributed by atoms with Crippen LogP contribution in [-0.4, -0.2) is 47.3 Å². The summed E-state index contributed by atoms with van der Waals surface area (Å²) in [4.78, 5) is 21.8. The number of carbonyl (C=O) groups is 2. The number of aliphatic hydroxyl groups is 1.